The number of rotatable bonds is 5. The maximum absolute atomic E-state index is 13.3. The summed E-state index contributed by atoms with van der Waals surface area (Å²) in [6.07, 6.45) is 0.323. The summed E-state index contributed by atoms with van der Waals surface area (Å²) in [5.41, 5.74) is 2.37. The third-order valence-corrected chi connectivity index (χ3v) is 6.13. The van der Waals surface area contributed by atoms with E-state index < -0.39 is 23.0 Å². The lowest BCUT2D eigenvalue weighted by Gasteiger charge is -2.30. The van der Waals surface area contributed by atoms with Crippen LogP contribution in [0.4, 0.5) is 0 Å². The highest BCUT2D eigenvalue weighted by molar-refractivity contribution is 5.97. The molecule has 2 atom stereocenters. The molecule has 2 aromatic carbocycles. The van der Waals surface area contributed by atoms with Gasteiger partial charge in [-0.25, -0.2) is 4.79 Å². The molecule has 0 bridgehead atoms. The molecule has 5 heteroatoms. The Labute approximate surface area is 184 Å². The minimum absolute atomic E-state index is 0.247. The Morgan fingerprint density at radius 2 is 1.58 bits per heavy atom. The average Bonchev–Trinajstić information content (AvgIpc) is 3.19. The predicted octanol–water partition coefficient (Wildman–Crippen LogP) is 4.57. The summed E-state index contributed by atoms with van der Waals surface area (Å²) >= 11 is 0. The minimum atomic E-state index is -0.804. The summed E-state index contributed by atoms with van der Waals surface area (Å²) in [6.45, 7) is 10.0. The van der Waals surface area contributed by atoms with Crippen molar-refractivity contribution in [3.05, 3.63) is 72.3 Å². The van der Waals surface area contributed by atoms with Gasteiger partial charge in [0.25, 0.3) is 5.91 Å². The third-order valence-electron chi connectivity index (χ3n) is 6.13. The number of ether oxygens (including phenoxy) is 2. The molecule has 0 aliphatic carbocycles. The van der Waals surface area contributed by atoms with Crippen molar-refractivity contribution < 1.29 is 19.1 Å². The van der Waals surface area contributed by atoms with Gasteiger partial charge in [0.15, 0.2) is 0 Å². The topological polar surface area (TPSA) is 55.8 Å². The zero-order valence-electron chi connectivity index (χ0n) is 19.0. The molecule has 0 aromatic heterocycles. The van der Waals surface area contributed by atoms with E-state index in [1.807, 2.05) is 63.2 Å². The van der Waals surface area contributed by atoms with Crippen LogP contribution in [0.2, 0.25) is 0 Å². The number of likely N-dealkylation sites (tertiary alicyclic amines) is 1. The van der Waals surface area contributed by atoms with E-state index in [1.54, 1.807) is 12.0 Å². The van der Waals surface area contributed by atoms with Gasteiger partial charge in [0, 0.05) is 19.1 Å². The smallest absolute Gasteiger partial charge is 0.328 e. The molecule has 164 valence electrons. The molecule has 5 nitrogen and oxygen atoms in total. The summed E-state index contributed by atoms with van der Waals surface area (Å²) in [5, 5.41) is 0. The van der Waals surface area contributed by atoms with Crippen LogP contribution >= 0.6 is 0 Å². The number of carbonyl (C=O) groups excluding carboxylic acids is 2. The van der Waals surface area contributed by atoms with Gasteiger partial charge in [-0.2, -0.15) is 0 Å². The van der Waals surface area contributed by atoms with Crippen LogP contribution < -0.4 is 0 Å². The molecule has 1 fully saturated rings. The first-order valence-corrected chi connectivity index (χ1v) is 10.4. The number of amides is 1. The molecular formula is C26H31NO4. The highest BCUT2D eigenvalue weighted by Gasteiger charge is 2.51. The maximum atomic E-state index is 13.3. The highest BCUT2D eigenvalue weighted by atomic mass is 16.5. The molecule has 0 saturated carbocycles. The van der Waals surface area contributed by atoms with E-state index in [0.717, 1.165) is 16.7 Å². The molecular weight excluding hydrogens is 390 g/mol. The number of methoxy groups -OCH3 is 2. The van der Waals surface area contributed by atoms with Crippen LogP contribution in [0.3, 0.4) is 0 Å². The number of hydrogen-bond donors (Lipinski definition) is 0. The molecule has 0 radical (unpaired) electrons. The molecule has 0 unspecified atom stereocenters. The zero-order chi connectivity index (χ0) is 22.8. The second-order valence-corrected chi connectivity index (χ2v) is 9.05. The lowest BCUT2D eigenvalue weighted by Crippen LogP contribution is -2.43. The van der Waals surface area contributed by atoms with E-state index in [2.05, 4.69) is 18.7 Å². The van der Waals surface area contributed by atoms with Crippen molar-refractivity contribution in [1.29, 1.82) is 0 Å². The largest absolute Gasteiger partial charge is 0.467 e. The quantitative estimate of drug-likeness (QED) is 0.524. The van der Waals surface area contributed by atoms with Crippen molar-refractivity contribution in [2.24, 2.45) is 5.41 Å². The summed E-state index contributed by atoms with van der Waals surface area (Å²) in [5.74, 6) is -0.697. The predicted molar refractivity (Wildman–Crippen MR) is 121 cm³/mol. The third kappa shape index (κ3) is 4.42. The monoisotopic (exact) mass is 421 g/mol. The van der Waals surface area contributed by atoms with Crippen molar-refractivity contribution >= 4 is 11.9 Å². The van der Waals surface area contributed by atoms with Gasteiger partial charge in [0.1, 0.15) is 11.6 Å². The summed E-state index contributed by atoms with van der Waals surface area (Å²) in [7, 11) is 2.96. The number of nitrogens with zero attached hydrogens (tertiary/aromatic N) is 1. The summed E-state index contributed by atoms with van der Waals surface area (Å²) in [6, 6.07) is 17.5. The van der Waals surface area contributed by atoms with Gasteiger partial charge < -0.3 is 14.4 Å². The van der Waals surface area contributed by atoms with Crippen LogP contribution in [-0.2, 0) is 24.7 Å². The maximum Gasteiger partial charge on any atom is 0.328 e. The zero-order valence-corrected chi connectivity index (χ0v) is 19.0. The molecule has 0 spiro atoms. The van der Waals surface area contributed by atoms with Crippen LogP contribution in [-0.4, -0.2) is 43.6 Å². The van der Waals surface area contributed by atoms with Gasteiger partial charge in [-0.3, -0.25) is 4.79 Å². The second kappa shape index (κ2) is 8.67. The number of benzene rings is 2. The lowest BCUT2D eigenvalue weighted by atomic mass is 9.86. The first kappa shape index (κ1) is 22.8. The number of carbonyl (C=O) groups is 2. The van der Waals surface area contributed by atoms with Crippen LogP contribution in [0.15, 0.2) is 66.7 Å². The van der Waals surface area contributed by atoms with Gasteiger partial charge >= 0.3 is 5.97 Å². The van der Waals surface area contributed by atoms with Gasteiger partial charge in [-0.15, -0.1) is 0 Å². The molecule has 2 aromatic rings. The van der Waals surface area contributed by atoms with E-state index in [-0.39, 0.29) is 12.5 Å². The normalized spacial score (nSPS) is 21.1. The fraction of sp³-hybridized carbons (Fsp3) is 0.385. The van der Waals surface area contributed by atoms with Crippen molar-refractivity contribution in [2.45, 2.75) is 38.8 Å². The van der Waals surface area contributed by atoms with Crippen LogP contribution in [0.1, 0.15) is 32.8 Å². The van der Waals surface area contributed by atoms with E-state index in [9.17, 15) is 9.59 Å². The van der Waals surface area contributed by atoms with Gasteiger partial charge in [-0.1, -0.05) is 81.9 Å². The first-order valence-electron chi connectivity index (χ1n) is 10.4. The minimum Gasteiger partial charge on any atom is -0.467 e. The number of esters is 1. The number of hydrogen-bond acceptors (Lipinski definition) is 4. The van der Waals surface area contributed by atoms with Crippen molar-refractivity contribution in [1.82, 2.24) is 4.90 Å². The van der Waals surface area contributed by atoms with Crippen molar-refractivity contribution in [3.63, 3.8) is 0 Å². The fourth-order valence-corrected chi connectivity index (χ4v) is 4.00. The van der Waals surface area contributed by atoms with E-state index in [4.69, 9.17) is 9.47 Å². The van der Waals surface area contributed by atoms with Crippen LogP contribution in [0.25, 0.3) is 11.1 Å². The fourth-order valence-electron chi connectivity index (χ4n) is 4.00. The molecule has 3 rings (SSSR count). The van der Waals surface area contributed by atoms with Crippen molar-refractivity contribution in [3.8, 4) is 11.1 Å². The molecule has 31 heavy (non-hydrogen) atoms. The lowest BCUT2D eigenvalue weighted by molar-refractivity contribution is -0.150. The highest BCUT2D eigenvalue weighted by Crippen LogP contribution is 2.41. The Balaban J connectivity index is 1.96. The second-order valence-electron chi connectivity index (χ2n) is 9.05. The van der Waals surface area contributed by atoms with Crippen LogP contribution in [0, 0.1) is 5.41 Å². The van der Waals surface area contributed by atoms with E-state index in [0.29, 0.717) is 12.0 Å². The molecule has 0 N–H and O–H groups in total. The van der Waals surface area contributed by atoms with Gasteiger partial charge in [0.2, 0.25) is 0 Å². The van der Waals surface area contributed by atoms with E-state index in [1.165, 1.54) is 7.11 Å². The molecule has 1 saturated heterocycles. The Hall–Kier alpha value is -2.92. The SMILES string of the molecule is C=C(C(=O)N1C[C@](OC)(c2ccc(-c3ccccc3)cc2)C[C@H]1C(=O)OC)C(C)(C)C. The average molecular weight is 422 g/mol. The molecule has 1 heterocycles. The Bertz CT molecular complexity index is 959. The van der Waals surface area contributed by atoms with Gasteiger partial charge in [-0.05, 0) is 22.1 Å². The summed E-state index contributed by atoms with van der Waals surface area (Å²) < 4.78 is 11.0. The van der Waals surface area contributed by atoms with Crippen LogP contribution in [0.5, 0.6) is 0 Å². The molecule has 1 amide bonds. The Morgan fingerprint density at radius 1 is 1.00 bits per heavy atom. The Kier molecular flexibility index (Phi) is 6.37. The standard InChI is InChI=1S/C26H31NO4/c1-18(25(2,3)4)23(28)27-17-26(31-6,16-22(27)24(29)30-5)21-14-12-20(13-15-21)19-10-8-7-9-11-19/h7-15,22H,1,16-17H2,2-6H3/t22-,26-/m0/s1. The van der Waals surface area contributed by atoms with E-state index >= 15 is 0 Å². The first-order chi connectivity index (χ1) is 14.6. The molecule has 1 aliphatic rings. The Morgan fingerprint density at radius 3 is 2.10 bits per heavy atom. The summed E-state index contributed by atoms with van der Waals surface area (Å²) in [4.78, 5) is 27.4. The van der Waals surface area contributed by atoms with Crippen molar-refractivity contribution in [2.75, 3.05) is 20.8 Å². The molecule has 1 aliphatic heterocycles. The van der Waals surface area contributed by atoms with Gasteiger partial charge in [0.05, 0.1) is 13.7 Å².